The van der Waals surface area contributed by atoms with E-state index in [-0.39, 0.29) is 28.8 Å². The zero-order valence-corrected chi connectivity index (χ0v) is 16.4. The lowest BCUT2D eigenvalue weighted by Crippen LogP contribution is -2.40. The molecular formula is C16H24ClN3O5S. The topological polar surface area (TPSA) is 110 Å². The van der Waals surface area contributed by atoms with E-state index in [2.05, 4.69) is 5.32 Å². The number of nitro groups is 1. The first-order valence-electron chi connectivity index (χ1n) is 8.22. The molecule has 0 aliphatic carbocycles. The van der Waals surface area contributed by atoms with Crippen LogP contribution < -0.4 is 5.32 Å². The predicted octanol–water partition coefficient (Wildman–Crippen LogP) is 1.88. The van der Waals surface area contributed by atoms with Crippen LogP contribution in [0.15, 0.2) is 23.1 Å². The number of nitrogens with zero attached hydrogens (tertiary/aromatic N) is 2. The van der Waals surface area contributed by atoms with Gasteiger partial charge in [0.05, 0.1) is 9.82 Å². The van der Waals surface area contributed by atoms with E-state index < -0.39 is 20.4 Å². The molecule has 10 heteroatoms. The van der Waals surface area contributed by atoms with Gasteiger partial charge in [0.1, 0.15) is 0 Å². The van der Waals surface area contributed by atoms with Gasteiger partial charge in [-0.2, -0.15) is 0 Å². The van der Waals surface area contributed by atoms with E-state index in [1.54, 1.807) is 4.90 Å². The van der Waals surface area contributed by atoms with Crippen molar-refractivity contribution < 1.29 is 18.1 Å². The SMILES string of the molecule is CCNCC1CCN(C(=O)c2cc([N+](=O)[O-])cc(S(C)(=O)=O)c2)CC1.Cl. The average molecular weight is 406 g/mol. The van der Waals surface area contributed by atoms with Gasteiger partial charge in [-0.15, -0.1) is 12.4 Å². The minimum absolute atomic E-state index is 0. The van der Waals surface area contributed by atoms with Gasteiger partial charge in [0.15, 0.2) is 9.84 Å². The summed E-state index contributed by atoms with van der Waals surface area (Å²) in [4.78, 5) is 24.5. The fraction of sp³-hybridized carbons (Fsp3) is 0.562. The fourth-order valence-corrected chi connectivity index (χ4v) is 3.57. The van der Waals surface area contributed by atoms with Gasteiger partial charge in [0, 0.05) is 37.0 Å². The van der Waals surface area contributed by atoms with Crippen LogP contribution in [0, 0.1) is 16.0 Å². The number of likely N-dealkylation sites (tertiary alicyclic amines) is 1. The highest BCUT2D eigenvalue weighted by atomic mass is 35.5. The van der Waals surface area contributed by atoms with Crippen LogP contribution in [0.1, 0.15) is 30.1 Å². The highest BCUT2D eigenvalue weighted by molar-refractivity contribution is 7.90. The van der Waals surface area contributed by atoms with Gasteiger partial charge in [-0.1, -0.05) is 6.92 Å². The number of carbonyl (C=O) groups is 1. The Kier molecular flexibility index (Phi) is 7.98. The second-order valence-electron chi connectivity index (χ2n) is 6.29. The number of amides is 1. The van der Waals surface area contributed by atoms with Gasteiger partial charge in [-0.3, -0.25) is 14.9 Å². The Bertz CT molecular complexity index is 761. The lowest BCUT2D eigenvalue weighted by atomic mass is 9.96. The van der Waals surface area contributed by atoms with Gasteiger partial charge in [-0.25, -0.2) is 8.42 Å². The number of hydrogen-bond acceptors (Lipinski definition) is 6. The Morgan fingerprint density at radius 1 is 1.31 bits per heavy atom. The largest absolute Gasteiger partial charge is 0.339 e. The molecule has 1 amide bonds. The van der Waals surface area contributed by atoms with Gasteiger partial charge >= 0.3 is 0 Å². The second kappa shape index (κ2) is 9.29. The quantitative estimate of drug-likeness (QED) is 0.571. The molecule has 0 unspecified atom stereocenters. The molecule has 1 saturated heterocycles. The summed E-state index contributed by atoms with van der Waals surface area (Å²) in [6, 6.07) is 3.34. The molecule has 0 saturated carbocycles. The van der Waals surface area contributed by atoms with E-state index in [1.165, 1.54) is 6.07 Å². The van der Waals surface area contributed by atoms with Crippen molar-refractivity contribution in [2.24, 2.45) is 5.92 Å². The molecule has 26 heavy (non-hydrogen) atoms. The summed E-state index contributed by atoms with van der Waals surface area (Å²) in [5.74, 6) is 0.135. The maximum absolute atomic E-state index is 12.7. The van der Waals surface area contributed by atoms with Crippen molar-refractivity contribution in [2.45, 2.75) is 24.7 Å². The van der Waals surface area contributed by atoms with Gasteiger partial charge in [0.25, 0.3) is 11.6 Å². The minimum atomic E-state index is -3.65. The molecule has 8 nitrogen and oxygen atoms in total. The Hall–Kier alpha value is -1.71. The number of sulfone groups is 1. The molecule has 1 aromatic carbocycles. The highest BCUT2D eigenvalue weighted by Crippen LogP contribution is 2.24. The van der Waals surface area contributed by atoms with E-state index in [9.17, 15) is 23.3 Å². The van der Waals surface area contributed by atoms with Crippen molar-refractivity contribution in [3.8, 4) is 0 Å². The second-order valence-corrected chi connectivity index (χ2v) is 8.30. The molecule has 1 fully saturated rings. The zero-order chi connectivity index (χ0) is 18.6. The first kappa shape index (κ1) is 22.3. The molecule has 1 N–H and O–H groups in total. The van der Waals surface area contributed by atoms with Crippen LogP contribution >= 0.6 is 12.4 Å². The summed E-state index contributed by atoms with van der Waals surface area (Å²) < 4.78 is 23.5. The average Bonchev–Trinajstić information content (AvgIpc) is 2.58. The van der Waals surface area contributed by atoms with Crippen LogP contribution in [0.5, 0.6) is 0 Å². The molecule has 0 aromatic heterocycles. The van der Waals surface area contributed by atoms with Crippen LogP contribution in [0.2, 0.25) is 0 Å². The highest BCUT2D eigenvalue weighted by Gasteiger charge is 2.26. The van der Waals surface area contributed by atoms with E-state index in [4.69, 9.17) is 0 Å². The van der Waals surface area contributed by atoms with Crippen molar-refractivity contribution in [3.63, 3.8) is 0 Å². The normalized spacial score (nSPS) is 15.4. The maximum Gasteiger partial charge on any atom is 0.271 e. The van der Waals surface area contributed by atoms with Crippen LogP contribution in [0.4, 0.5) is 5.69 Å². The number of nitro benzene ring substituents is 1. The van der Waals surface area contributed by atoms with Crippen LogP contribution in [0.25, 0.3) is 0 Å². The number of carbonyl (C=O) groups excluding carboxylic acids is 1. The molecule has 0 radical (unpaired) electrons. The van der Waals surface area contributed by atoms with E-state index in [0.717, 1.165) is 44.3 Å². The Labute approximate surface area is 159 Å². The van der Waals surface area contributed by atoms with E-state index >= 15 is 0 Å². The molecule has 1 heterocycles. The number of piperidine rings is 1. The first-order chi connectivity index (χ1) is 11.7. The number of benzene rings is 1. The van der Waals surface area contributed by atoms with Crippen molar-refractivity contribution in [1.82, 2.24) is 10.2 Å². The molecule has 0 spiro atoms. The smallest absolute Gasteiger partial charge is 0.271 e. The Balaban J connectivity index is 0.00000338. The predicted molar refractivity (Wildman–Crippen MR) is 101 cm³/mol. The van der Waals surface area contributed by atoms with E-state index in [0.29, 0.717) is 19.0 Å². The molecular weight excluding hydrogens is 382 g/mol. The van der Waals surface area contributed by atoms with Crippen LogP contribution in [-0.4, -0.2) is 56.6 Å². The van der Waals surface area contributed by atoms with Crippen molar-refractivity contribution in [3.05, 3.63) is 33.9 Å². The summed E-state index contributed by atoms with van der Waals surface area (Å²) in [6.07, 6.45) is 2.67. The molecule has 1 aromatic rings. The summed E-state index contributed by atoms with van der Waals surface area (Å²) in [6.45, 7) is 4.98. The molecule has 1 aliphatic heterocycles. The zero-order valence-electron chi connectivity index (χ0n) is 14.8. The standard InChI is InChI=1S/C16H23N3O5S.ClH/c1-3-17-11-12-4-6-18(7-5-12)16(20)13-8-14(19(21)22)10-15(9-13)25(2,23)24;/h8-10,12,17H,3-7,11H2,1-2H3;1H. The number of non-ortho nitro benzene ring substituents is 1. The molecule has 2 rings (SSSR count). The summed E-state index contributed by atoms with van der Waals surface area (Å²) in [5.41, 5.74) is -0.354. The van der Waals surface area contributed by atoms with Gasteiger partial charge < -0.3 is 10.2 Å². The lowest BCUT2D eigenvalue weighted by Gasteiger charge is -2.32. The third kappa shape index (κ3) is 5.65. The fourth-order valence-electron chi connectivity index (χ4n) is 2.90. The number of nitrogens with one attached hydrogen (secondary N) is 1. The van der Waals surface area contributed by atoms with Crippen LogP contribution in [-0.2, 0) is 9.84 Å². The summed E-state index contributed by atoms with van der Waals surface area (Å²) in [5, 5.41) is 14.3. The summed E-state index contributed by atoms with van der Waals surface area (Å²) >= 11 is 0. The maximum atomic E-state index is 12.7. The first-order valence-corrected chi connectivity index (χ1v) is 10.1. The third-order valence-electron chi connectivity index (χ3n) is 4.36. The van der Waals surface area contributed by atoms with Crippen LogP contribution in [0.3, 0.4) is 0 Å². The third-order valence-corrected chi connectivity index (χ3v) is 5.45. The number of halogens is 1. The van der Waals surface area contributed by atoms with Gasteiger partial charge in [0.2, 0.25) is 0 Å². The van der Waals surface area contributed by atoms with Crippen molar-refractivity contribution in [1.29, 1.82) is 0 Å². The lowest BCUT2D eigenvalue weighted by molar-refractivity contribution is -0.385. The molecule has 0 atom stereocenters. The Morgan fingerprint density at radius 3 is 2.42 bits per heavy atom. The minimum Gasteiger partial charge on any atom is -0.339 e. The summed E-state index contributed by atoms with van der Waals surface area (Å²) in [7, 11) is -3.65. The van der Waals surface area contributed by atoms with Gasteiger partial charge in [-0.05, 0) is 37.9 Å². The monoisotopic (exact) mass is 405 g/mol. The Morgan fingerprint density at radius 2 is 1.92 bits per heavy atom. The number of rotatable bonds is 6. The van der Waals surface area contributed by atoms with Crippen molar-refractivity contribution >= 4 is 33.8 Å². The number of hydrogen-bond donors (Lipinski definition) is 1. The molecule has 146 valence electrons. The van der Waals surface area contributed by atoms with Crippen molar-refractivity contribution in [2.75, 3.05) is 32.4 Å². The molecule has 1 aliphatic rings. The molecule has 0 bridgehead atoms. The van der Waals surface area contributed by atoms with E-state index in [1.807, 2.05) is 6.92 Å².